The molecule has 0 heterocycles. The second-order valence-corrected chi connectivity index (χ2v) is 12.6. The fraction of sp³-hybridized carbons (Fsp3) is 0.345. The highest BCUT2D eigenvalue weighted by molar-refractivity contribution is 6.09. The smallest absolute Gasteiger partial charge is 0.0452 e. The van der Waals surface area contributed by atoms with Crippen LogP contribution in [0.4, 0.5) is 22.7 Å². The molecule has 0 radical (unpaired) electrons. The maximum atomic E-state index is 2.48. The zero-order valence-corrected chi connectivity index (χ0v) is 40.4. The predicted octanol–water partition coefficient (Wildman–Crippen LogP) is 18.6. The van der Waals surface area contributed by atoms with Crippen LogP contribution in [0.1, 0.15) is 133 Å². The summed E-state index contributed by atoms with van der Waals surface area (Å²) in [4.78, 5) is 4.96. The Bertz CT molecular complexity index is 2150. The zero-order chi connectivity index (χ0) is 44.8. The molecule has 9 rings (SSSR count). The second kappa shape index (κ2) is 26.7. The monoisotopic (exact) mass is 803 g/mol. The van der Waals surface area contributed by atoms with Gasteiger partial charge in [0.25, 0.3) is 0 Å². The fourth-order valence-electron chi connectivity index (χ4n) is 8.15. The molecule has 2 nitrogen and oxygen atoms in total. The van der Waals surface area contributed by atoms with Gasteiger partial charge in [-0.3, -0.25) is 0 Å². The summed E-state index contributed by atoms with van der Waals surface area (Å²) >= 11 is 0. The SMILES string of the molecule is CC.CC.CC.CC.CC.CC.CC.CCN(c1ccc2c(ccc3cc(N(CC)c4cccc5c4Cc4ccccc4-5)ccc32)c1)c1cccc2c1Cc1ccccc1-2. The van der Waals surface area contributed by atoms with Gasteiger partial charge in [-0.2, -0.15) is 0 Å². The number of fused-ring (bicyclic) bond motifs is 9. The molecule has 0 aliphatic heterocycles. The molecule has 7 aromatic carbocycles. The Morgan fingerprint density at radius 3 is 1.03 bits per heavy atom. The maximum absolute atomic E-state index is 2.48. The first kappa shape index (κ1) is 50.8. The van der Waals surface area contributed by atoms with E-state index in [1.807, 2.05) is 96.9 Å². The molecule has 0 N–H and O–H groups in total. The van der Waals surface area contributed by atoms with Crippen molar-refractivity contribution in [3.63, 3.8) is 0 Å². The summed E-state index contributed by atoms with van der Waals surface area (Å²) in [6, 6.07) is 49.9. The Labute approximate surface area is 367 Å². The fourth-order valence-corrected chi connectivity index (χ4v) is 8.15. The largest absolute Gasteiger partial charge is 0.342 e. The minimum atomic E-state index is 0.913. The van der Waals surface area contributed by atoms with Crippen molar-refractivity contribution in [3.8, 4) is 22.3 Å². The molecule has 0 saturated carbocycles. The number of nitrogens with zero attached hydrogens (tertiary/aromatic N) is 2. The molecule has 0 saturated heterocycles. The summed E-state index contributed by atoms with van der Waals surface area (Å²) in [7, 11) is 0. The van der Waals surface area contributed by atoms with Crippen LogP contribution >= 0.6 is 0 Å². The Morgan fingerprint density at radius 1 is 0.350 bits per heavy atom. The number of hydrogen-bond donors (Lipinski definition) is 0. The topological polar surface area (TPSA) is 6.48 Å². The van der Waals surface area contributed by atoms with Crippen LogP contribution in [-0.2, 0) is 12.8 Å². The Balaban J connectivity index is 0.000000809. The molecule has 0 atom stereocenters. The summed E-state index contributed by atoms with van der Waals surface area (Å²) in [5, 5.41) is 5.15. The molecule has 2 aliphatic carbocycles. The highest BCUT2D eigenvalue weighted by Crippen LogP contribution is 2.45. The summed E-state index contributed by atoms with van der Waals surface area (Å²) in [5.41, 5.74) is 16.3. The van der Waals surface area contributed by atoms with Crippen molar-refractivity contribution < 1.29 is 0 Å². The van der Waals surface area contributed by atoms with Gasteiger partial charge >= 0.3 is 0 Å². The van der Waals surface area contributed by atoms with Gasteiger partial charge in [0.05, 0.1) is 0 Å². The maximum Gasteiger partial charge on any atom is 0.0452 e. The molecule has 0 unspecified atom stereocenters. The molecule has 0 spiro atoms. The lowest BCUT2D eigenvalue weighted by molar-refractivity contribution is 1.01. The molecule has 2 aliphatic rings. The van der Waals surface area contributed by atoms with Crippen molar-refractivity contribution in [3.05, 3.63) is 156 Å². The van der Waals surface area contributed by atoms with Crippen LogP contribution in [0, 0.1) is 0 Å². The van der Waals surface area contributed by atoms with Gasteiger partial charge in [-0.1, -0.05) is 194 Å². The highest BCUT2D eigenvalue weighted by Gasteiger charge is 2.25. The van der Waals surface area contributed by atoms with E-state index in [-0.39, 0.29) is 0 Å². The molecule has 60 heavy (non-hydrogen) atoms. The van der Waals surface area contributed by atoms with Crippen LogP contribution < -0.4 is 9.80 Å². The Morgan fingerprint density at radius 2 is 0.683 bits per heavy atom. The van der Waals surface area contributed by atoms with Crippen LogP contribution in [-0.4, -0.2) is 13.1 Å². The molecule has 2 heteroatoms. The second-order valence-electron chi connectivity index (χ2n) is 12.6. The Hall–Kier alpha value is -5.34. The highest BCUT2D eigenvalue weighted by atomic mass is 15.1. The molecule has 0 fully saturated rings. The van der Waals surface area contributed by atoms with Gasteiger partial charge in [0.1, 0.15) is 0 Å². The van der Waals surface area contributed by atoms with Gasteiger partial charge in [-0.25, -0.2) is 0 Å². The van der Waals surface area contributed by atoms with Crippen LogP contribution in [0.25, 0.3) is 43.8 Å². The molecular formula is C58H78N2. The molecule has 0 bridgehead atoms. The minimum Gasteiger partial charge on any atom is -0.342 e. The summed E-state index contributed by atoms with van der Waals surface area (Å²) in [5.74, 6) is 0. The standard InChI is InChI=1S/C44H36N2.7C2H6/c1-3-45(43-17-9-15-39-35-13-7-5-11-29(35)27-41(39)43)33-21-23-37-31(25-33)19-20-32-26-34(22-24-38(32)37)46(4-2)44-18-10-16-40-36-14-8-6-12-30(36)28-42(40)44;7*1-2/h5-26H,3-4,27-28H2,1-2H3;7*1-2H3. The zero-order valence-electron chi connectivity index (χ0n) is 40.4. The quantitative estimate of drug-likeness (QED) is 0.155. The van der Waals surface area contributed by atoms with E-state index >= 15 is 0 Å². The summed E-state index contributed by atoms with van der Waals surface area (Å²) in [6.07, 6.45) is 1.98. The van der Waals surface area contributed by atoms with Crippen molar-refractivity contribution >= 4 is 44.3 Å². The van der Waals surface area contributed by atoms with E-state index in [2.05, 4.69) is 157 Å². The third kappa shape index (κ3) is 10.5. The van der Waals surface area contributed by atoms with E-state index in [0.717, 1.165) is 25.9 Å². The first-order valence-corrected chi connectivity index (χ1v) is 23.6. The van der Waals surface area contributed by atoms with Gasteiger partial charge in [0, 0.05) is 48.7 Å². The number of benzene rings is 7. The third-order valence-electron chi connectivity index (χ3n) is 10.3. The van der Waals surface area contributed by atoms with Crippen molar-refractivity contribution in [2.75, 3.05) is 22.9 Å². The van der Waals surface area contributed by atoms with Gasteiger partial charge < -0.3 is 9.80 Å². The van der Waals surface area contributed by atoms with Crippen LogP contribution in [0.3, 0.4) is 0 Å². The first-order chi connectivity index (χ1) is 29.7. The first-order valence-electron chi connectivity index (χ1n) is 23.6. The lowest BCUT2D eigenvalue weighted by Crippen LogP contribution is -2.17. The number of anilines is 4. The van der Waals surface area contributed by atoms with Crippen LogP contribution in [0.2, 0.25) is 0 Å². The van der Waals surface area contributed by atoms with Crippen molar-refractivity contribution in [2.45, 2.75) is 124 Å². The van der Waals surface area contributed by atoms with Gasteiger partial charge in [0.15, 0.2) is 0 Å². The van der Waals surface area contributed by atoms with E-state index in [0.29, 0.717) is 0 Å². The molecular weight excluding hydrogens is 725 g/mol. The van der Waals surface area contributed by atoms with Crippen molar-refractivity contribution in [1.82, 2.24) is 0 Å². The van der Waals surface area contributed by atoms with Crippen molar-refractivity contribution in [1.29, 1.82) is 0 Å². The predicted molar refractivity (Wildman–Crippen MR) is 276 cm³/mol. The van der Waals surface area contributed by atoms with E-state index in [9.17, 15) is 0 Å². The van der Waals surface area contributed by atoms with E-state index in [4.69, 9.17) is 0 Å². The number of rotatable bonds is 6. The molecule has 320 valence electrons. The average Bonchev–Trinajstić information content (AvgIpc) is 3.93. The van der Waals surface area contributed by atoms with Gasteiger partial charge in [0.2, 0.25) is 0 Å². The van der Waals surface area contributed by atoms with Crippen LogP contribution in [0.15, 0.2) is 133 Å². The number of hydrogen-bond acceptors (Lipinski definition) is 2. The molecule has 0 amide bonds. The van der Waals surface area contributed by atoms with Gasteiger partial charge in [-0.05, 0) is 116 Å². The van der Waals surface area contributed by atoms with E-state index < -0.39 is 0 Å². The van der Waals surface area contributed by atoms with E-state index in [1.165, 1.54) is 88.8 Å². The average molecular weight is 803 g/mol. The van der Waals surface area contributed by atoms with E-state index in [1.54, 1.807) is 0 Å². The third-order valence-corrected chi connectivity index (χ3v) is 10.3. The van der Waals surface area contributed by atoms with Crippen molar-refractivity contribution in [2.24, 2.45) is 0 Å². The minimum absolute atomic E-state index is 0.913. The lowest BCUT2D eigenvalue weighted by atomic mass is 9.99. The van der Waals surface area contributed by atoms with Crippen LogP contribution in [0.5, 0.6) is 0 Å². The normalized spacial score (nSPS) is 10.3. The lowest BCUT2D eigenvalue weighted by Gasteiger charge is -2.27. The summed E-state index contributed by atoms with van der Waals surface area (Å²) < 4.78 is 0. The summed E-state index contributed by atoms with van der Waals surface area (Å²) in [6.45, 7) is 34.3. The Kier molecular flexibility index (Phi) is 22.6. The molecule has 7 aromatic rings. The van der Waals surface area contributed by atoms with Gasteiger partial charge in [-0.15, -0.1) is 0 Å². The molecule has 0 aromatic heterocycles.